The van der Waals surface area contributed by atoms with Crippen molar-refractivity contribution in [2.45, 2.75) is 32.4 Å². The lowest BCUT2D eigenvalue weighted by Gasteiger charge is -2.25. The van der Waals surface area contributed by atoms with Crippen LogP contribution in [0.4, 0.5) is 4.79 Å². The monoisotopic (exact) mass is 300 g/mol. The van der Waals surface area contributed by atoms with E-state index in [4.69, 9.17) is 4.42 Å². The molecular formula is C13H20N2O4S. The molecule has 20 heavy (non-hydrogen) atoms. The van der Waals surface area contributed by atoms with Crippen molar-refractivity contribution in [1.29, 1.82) is 0 Å². The molecule has 6 nitrogen and oxygen atoms in total. The van der Waals surface area contributed by atoms with E-state index in [-0.39, 0.29) is 29.6 Å². The lowest BCUT2D eigenvalue weighted by molar-refractivity contribution is 0.190. The highest BCUT2D eigenvalue weighted by molar-refractivity contribution is 7.91. The molecule has 112 valence electrons. The van der Waals surface area contributed by atoms with Crippen molar-refractivity contribution in [3.05, 3.63) is 23.7 Å². The van der Waals surface area contributed by atoms with Crippen molar-refractivity contribution in [2.75, 3.05) is 18.6 Å². The quantitative estimate of drug-likeness (QED) is 0.917. The molecule has 2 rings (SSSR count). The first-order chi connectivity index (χ1) is 9.28. The van der Waals surface area contributed by atoms with Crippen molar-refractivity contribution in [2.24, 2.45) is 0 Å². The van der Waals surface area contributed by atoms with E-state index in [2.05, 4.69) is 5.32 Å². The van der Waals surface area contributed by atoms with Crippen LogP contribution in [-0.4, -0.2) is 43.9 Å². The van der Waals surface area contributed by atoms with Crippen LogP contribution in [0.5, 0.6) is 0 Å². The van der Waals surface area contributed by atoms with Crippen LogP contribution in [0.25, 0.3) is 0 Å². The Morgan fingerprint density at radius 2 is 2.20 bits per heavy atom. The molecule has 1 N–H and O–H groups in total. The Bertz CT molecular complexity index is 593. The minimum absolute atomic E-state index is 0.0468. The van der Waals surface area contributed by atoms with Gasteiger partial charge in [-0.1, -0.05) is 0 Å². The molecule has 0 aromatic carbocycles. The molecule has 7 heteroatoms. The Morgan fingerprint density at radius 3 is 2.70 bits per heavy atom. The number of sulfone groups is 1. The number of hydrogen-bond donors (Lipinski definition) is 1. The Kier molecular flexibility index (Phi) is 4.08. The number of carbonyl (C=O) groups excluding carboxylic acids is 1. The average molecular weight is 300 g/mol. The van der Waals surface area contributed by atoms with E-state index >= 15 is 0 Å². The molecule has 0 spiro atoms. The number of furan rings is 1. The highest BCUT2D eigenvalue weighted by Crippen LogP contribution is 2.19. The summed E-state index contributed by atoms with van der Waals surface area (Å²) in [7, 11) is -1.37. The second kappa shape index (κ2) is 5.47. The SMILES string of the molecule is Cc1ccc([C@@H](C)NC(=O)N(C)[C@@H]2CCS(=O)(=O)C2)o1. The van der Waals surface area contributed by atoms with Crippen LogP contribution in [0, 0.1) is 6.92 Å². The van der Waals surface area contributed by atoms with Crippen LogP contribution in [0.2, 0.25) is 0 Å². The van der Waals surface area contributed by atoms with Gasteiger partial charge in [0.1, 0.15) is 11.5 Å². The maximum Gasteiger partial charge on any atom is 0.318 e. The number of carbonyl (C=O) groups is 1. The van der Waals surface area contributed by atoms with E-state index in [1.54, 1.807) is 7.05 Å². The molecule has 0 aliphatic carbocycles. The maximum absolute atomic E-state index is 12.1. The van der Waals surface area contributed by atoms with Gasteiger partial charge < -0.3 is 14.6 Å². The van der Waals surface area contributed by atoms with E-state index in [9.17, 15) is 13.2 Å². The lowest BCUT2D eigenvalue weighted by atomic mass is 10.2. The van der Waals surface area contributed by atoms with E-state index in [0.29, 0.717) is 12.2 Å². The van der Waals surface area contributed by atoms with Crippen molar-refractivity contribution < 1.29 is 17.6 Å². The fourth-order valence-electron chi connectivity index (χ4n) is 2.29. The van der Waals surface area contributed by atoms with Gasteiger partial charge in [0, 0.05) is 13.1 Å². The Labute approximate surface area is 119 Å². The summed E-state index contributed by atoms with van der Waals surface area (Å²) in [6, 6.07) is 2.88. The molecule has 2 heterocycles. The summed E-state index contributed by atoms with van der Waals surface area (Å²) in [5, 5.41) is 2.81. The minimum Gasteiger partial charge on any atom is -0.464 e. The number of amides is 2. The van der Waals surface area contributed by atoms with Gasteiger partial charge in [-0.2, -0.15) is 0 Å². The number of nitrogens with one attached hydrogen (secondary N) is 1. The van der Waals surface area contributed by atoms with Crippen LogP contribution < -0.4 is 5.32 Å². The third-order valence-electron chi connectivity index (χ3n) is 3.60. The number of hydrogen-bond acceptors (Lipinski definition) is 4. The van der Waals surface area contributed by atoms with Crippen LogP contribution >= 0.6 is 0 Å². The van der Waals surface area contributed by atoms with Crippen LogP contribution in [0.1, 0.15) is 30.9 Å². The first kappa shape index (κ1) is 14.9. The normalized spacial score (nSPS) is 22.4. The molecule has 2 amide bonds. The molecule has 1 aromatic heterocycles. The predicted molar refractivity (Wildman–Crippen MR) is 75.2 cm³/mol. The molecular weight excluding hydrogens is 280 g/mol. The van der Waals surface area contributed by atoms with Crippen LogP contribution in [-0.2, 0) is 9.84 Å². The van der Waals surface area contributed by atoms with Crippen LogP contribution in [0.3, 0.4) is 0 Å². The molecule has 0 bridgehead atoms. The predicted octanol–water partition coefficient (Wildman–Crippen LogP) is 1.48. The zero-order valence-electron chi connectivity index (χ0n) is 11.9. The largest absolute Gasteiger partial charge is 0.464 e. The first-order valence-corrected chi connectivity index (χ1v) is 8.41. The smallest absolute Gasteiger partial charge is 0.318 e. The van der Waals surface area contributed by atoms with Crippen LogP contribution in [0.15, 0.2) is 16.5 Å². The van der Waals surface area contributed by atoms with Gasteiger partial charge in [0.25, 0.3) is 0 Å². The standard InChI is InChI=1S/C13H20N2O4S/c1-9-4-5-12(19-9)10(2)14-13(16)15(3)11-6-7-20(17,18)8-11/h4-5,10-11H,6-8H2,1-3H3,(H,14,16)/t10-,11-/m1/s1. The van der Waals surface area contributed by atoms with Gasteiger partial charge in [0.15, 0.2) is 9.84 Å². The summed E-state index contributed by atoms with van der Waals surface area (Å²) in [4.78, 5) is 13.6. The summed E-state index contributed by atoms with van der Waals surface area (Å²) >= 11 is 0. The Morgan fingerprint density at radius 1 is 1.50 bits per heavy atom. The Hall–Kier alpha value is -1.50. The summed E-state index contributed by atoms with van der Waals surface area (Å²) in [6.45, 7) is 3.67. The highest BCUT2D eigenvalue weighted by Gasteiger charge is 2.33. The zero-order valence-corrected chi connectivity index (χ0v) is 12.7. The number of rotatable bonds is 3. The molecule has 1 aliphatic rings. The van der Waals surface area contributed by atoms with E-state index in [0.717, 1.165) is 5.76 Å². The third-order valence-corrected chi connectivity index (χ3v) is 5.35. The molecule has 0 radical (unpaired) electrons. The highest BCUT2D eigenvalue weighted by atomic mass is 32.2. The second-order valence-corrected chi connectivity index (χ2v) is 7.52. The third kappa shape index (κ3) is 3.33. The molecule has 1 aromatic rings. The topological polar surface area (TPSA) is 79.6 Å². The summed E-state index contributed by atoms with van der Waals surface area (Å²) in [6.07, 6.45) is 0.500. The van der Waals surface area contributed by atoms with Gasteiger partial charge in [-0.3, -0.25) is 0 Å². The van der Waals surface area contributed by atoms with Gasteiger partial charge in [-0.15, -0.1) is 0 Å². The molecule has 0 unspecified atom stereocenters. The summed E-state index contributed by atoms with van der Waals surface area (Å²) in [5.74, 6) is 1.67. The second-order valence-electron chi connectivity index (χ2n) is 5.29. The lowest BCUT2D eigenvalue weighted by Crippen LogP contribution is -2.44. The summed E-state index contributed by atoms with van der Waals surface area (Å²) < 4.78 is 28.3. The van der Waals surface area contributed by atoms with Crippen molar-refractivity contribution in [3.63, 3.8) is 0 Å². The van der Waals surface area contributed by atoms with E-state index < -0.39 is 9.84 Å². The van der Waals surface area contributed by atoms with Crippen molar-refractivity contribution in [1.82, 2.24) is 10.2 Å². The number of urea groups is 1. The first-order valence-electron chi connectivity index (χ1n) is 6.58. The Balaban J connectivity index is 1.94. The van der Waals surface area contributed by atoms with E-state index in [1.165, 1.54) is 4.90 Å². The number of aryl methyl sites for hydroxylation is 1. The maximum atomic E-state index is 12.1. The van der Waals surface area contributed by atoms with Gasteiger partial charge in [-0.05, 0) is 32.4 Å². The fraction of sp³-hybridized carbons (Fsp3) is 0.615. The zero-order chi connectivity index (χ0) is 14.9. The van der Waals surface area contributed by atoms with Gasteiger partial charge in [0.2, 0.25) is 0 Å². The average Bonchev–Trinajstić information content (AvgIpc) is 2.94. The number of nitrogens with zero attached hydrogens (tertiary/aromatic N) is 1. The molecule has 1 fully saturated rings. The van der Waals surface area contributed by atoms with Gasteiger partial charge in [-0.25, -0.2) is 13.2 Å². The molecule has 1 saturated heterocycles. The van der Waals surface area contributed by atoms with E-state index in [1.807, 2.05) is 26.0 Å². The summed E-state index contributed by atoms with van der Waals surface area (Å²) in [5.41, 5.74) is 0. The molecule has 2 atom stereocenters. The van der Waals surface area contributed by atoms with Crippen molar-refractivity contribution >= 4 is 15.9 Å². The minimum atomic E-state index is -2.99. The fourth-order valence-corrected chi connectivity index (χ4v) is 4.07. The van der Waals surface area contributed by atoms with Gasteiger partial charge >= 0.3 is 6.03 Å². The molecule has 0 saturated carbocycles. The molecule has 1 aliphatic heterocycles. The van der Waals surface area contributed by atoms with Gasteiger partial charge in [0.05, 0.1) is 17.5 Å². The van der Waals surface area contributed by atoms with Crippen molar-refractivity contribution in [3.8, 4) is 0 Å².